The molecule has 0 N–H and O–H groups in total. The summed E-state index contributed by atoms with van der Waals surface area (Å²) in [7, 11) is 0. The first-order valence-electron chi connectivity index (χ1n) is 9.96. The third kappa shape index (κ3) is 5.56. The minimum Gasteiger partial charge on any atom is -0.492 e. The van der Waals surface area contributed by atoms with Crippen molar-refractivity contribution >= 4 is 69.3 Å². The summed E-state index contributed by atoms with van der Waals surface area (Å²) in [6.45, 7) is 2.56. The molecule has 1 aliphatic rings. The Balaban J connectivity index is 1.47. The average Bonchev–Trinajstić information content (AvgIpc) is 3.07. The molecule has 0 aromatic heterocycles. The highest BCUT2D eigenvalue weighted by Crippen LogP contribution is 2.37. The van der Waals surface area contributed by atoms with Gasteiger partial charge >= 0.3 is 0 Å². The van der Waals surface area contributed by atoms with Crippen LogP contribution in [-0.2, 0) is 4.79 Å². The van der Waals surface area contributed by atoms with Gasteiger partial charge in [0.25, 0.3) is 5.91 Å². The van der Waals surface area contributed by atoms with Gasteiger partial charge in [0.15, 0.2) is 4.32 Å². The van der Waals surface area contributed by atoms with Crippen molar-refractivity contribution in [3.63, 3.8) is 0 Å². The number of aryl methyl sites for hydroxylation is 1. The highest BCUT2D eigenvalue weighted by molar-refractivity contribution is 8.27. The second-order valence-electron chi connectivity index (χ2n) is 7.04. The quantitative estimate of drug-likeness (QED) is 0.149. The number of thioether (sulfide) groups is 2. The van der Waals surface area contributed by atoms with Crippen LogP contribution in [-0.4, -0.2) is 22.6 Å². The first-order valence-corrected chi connectivity index (χ1v) is 12.5. The van der Waals surface area contributed by atoms with Crippen molar-refractivity contribution in [2.24, 2.45) is 0 Å². The number of ether oxygens (including phenoxy) is 1. The topological polar surface area (TPSA) is 29.5 Å². The fourth-order valence-corrected chi connectivity index (χ4v) is 5.31. The van der Waals surface area contributed by atoms with Crippen LogP contribution in [0, 0.1) is 6.92 Å². The van der Waals surface area contributed by atoms with Gasteiger partial charge in [-0.25, -0.2) is 0 Å². The largest absolute Gasteiger partial charge is 0.492 e. The zero-order chi connectivity index (χ0) is 22.5. The lowest BCUT2D eigenvalue weighted by molar-refractivity contribution is -0.113. The van der Waals surface area contributed by atoms with Crippen LogP contribution >= 0.6 is 47.3 Å². The van der Waals surface area contributed by atoms with Crippen molar-refractivity contribution in [1.29, 1.82) is 0 Å². The summed E-state index contributed by atoms with van der Waals surface area (Å²) in [6.07, 6.45) is 1.87. The van der Waals surface area contributed by atoms with Crippen LogP contribution in [0.2, 0.25) is 5.02 Å². The number of para-hydroxylation sites is 1. The van der Waals surface area contributed by atoms with Crippen LogP contribution in [0.5, 0.6) is 5.75 Å². The van der Waals surface area contributed by atoms with Gasteiger partial charge in [-0.15, -0.1) is 11.8 Å². The number of hydrogen-bond acceptors (Lipinski definition) is 5. The van der Waals surface area contributed by atoms with Crippen molar-refractivity contribution in [3.05, 3.63) is 93.9 Å². The molecular formula is C25H20ClNO2S3. The Morgan fingerprint density at radius 3 is 2.59 bits per heavy atom. The molecule has 7 heteroatoms. The molecule has 1 saturated heterocycles. The van der Waals surface area contributed by atoms with Crippen LogP contribution < -0.4 is 9.64 Å². The van der Waals surface area contributed by atoms with Crippen molar-refractivity contribution in [3.8, 4) is 5.75 Å². The zero-order valence-electron chi connectivity index (χ0n) is 17.3. The number of benzene rings is 3. The molecule has 3 aromatic carbocycles. The Hall–Kier alpha value is -2.25. The summed E-state index contributed by atoms with van der Waals surface area (Å²) in [5, 5.41) is 0.729. The minimum absolute atomic E-state index is 0.114. The Kier molecular flexibility index (Phi) is 7.58. The number of amides is 1. The monoisotopic (exact) mass is 497 g/mol. The van der Waals surface area contributed by atoms with E-state index < -0.39 is 0 Å². The molecule has 1 fully saturated rings. The van der Waals surface area contributed by atoms with Crippen LogP contribution in [0.3, 0.4) is 0 Å². The van der Waals surface area contributed by atoms with Crippen molar-refractivity contribution in [2.45, 2.75) is 11.8 Å². The molecule has 1 amide bonds. The lowest BCUT2D eigenvalue weighted by Gasteiger charge is -2.14. The summed E-state index contributed by atoms with van der Waals surface area (Å²) in [4.78, 5) is 16.4. The van der Waals surface area contributed by atoms with Gasteiger partial charge in [-0.1, -0.05) is 65.4 Å². The number of halogens is 1. The number of carbonyl (C=O) groups is 1. The second-order valence-corrected chi connectivity index (χ2v) is 10.3. The Bertz CT molecular complexity index is 1160. The van der Waals surface area contributed by atoms with E-state index in [0.717, 1.165) is 38.2 Å². The number of hydrogen-bond donors (Lipinski definition) is 0. The number of anilines is 1. The summed E-state index contributed by atoms with van der Waals surface area (Å²) < 4.78 is 6.59. The first-order chi connectivity index (χ1) is 15.5. The second kappa shape index (κ2) is 10.6. The molecule has 0 aliphatic carbocycles. The van der Waals surface area contributed by atoms with E-state index in [-0.39, 0.29) is 5.91 Å². The van der Waals surface area contributed by atoms with Gasteiger partial charge in [-0.05, 0) is 61.5 Å². The maximum absolute atomic E-state index is 13.1. The standard InChI is InChI=1S/C25H20ClNO2S3/c1-17-7-12-22(29-13-14-31-21-10-8-19(26)9-11-21)18(15-17)16-23-24(28)27(25(30)32-23)20-5-3-2-4-6-20/h2-12,15-16H,13-14H2,1H3/b23-16-. The normalized spacial score (nSPS) is 14.9. The molecule has 3 aromatic rings. The highest BCUT2D eigenvalue weighted by Gasteiger charge is 2.33. The Morgan fingerprint density at radius 2 is 1.84 bits per heavy atom. The summed E-state index contributed by atoms with van der Waals surface area (Å²) in [5.74, 6) is 1.43. The molecule has 162 valence electrons. The molecule has 0 unspecified atom stereocenters. The van der Waals surface area contributed by atoms with Crippen LogP contribution in [0.15, 0.2) is 82.6 Å². The third-order valence-corrected chi connectivity index (χ3v) is 7.21. The fraction of sp³-hybridized carbons (Fsp3) is 0.120. The van der Waals surface area contributed by atoms with E-state index in [2.05, 4.69) is 0 Å². The van der Waals surface area contributed by atoms with E-state index >= 15 is 0 Å². The van der Waals surface area contributed by atoms with E-state index in [0.29, 0.717) is 15.8 Å². The smallest absolute Gasteiger partial charge is 0.270 e. The van der Waals surface area contributed by atoms with Gasteiger partial charge in [-0.2, -0.15) is 0 Å². The van der Waals surface area contributed by atoms with E-state index in [1.165, 1.54) is 11.8 Å². The van der Waals surface area contributed by atoms with E-state index in [1.807, 2.05) is 85.8 Å². The van der Waals surface area contributed by atoms with Crippen LogP contribution in [0.25, 0.3) is 6.08 Å². The minimum atomic E-state index is -0.114. The van der Waals surface area contributed by atoms with Crippen molar-refractivity contribution in [2.75, 3.05) is 17.3 Å². The van der Waals surface area contributed by atoms with Gasteiger partial charge in [0, 0.05) is 21.2 Å². The van der Waals surface area contributed by atoms with Gasteiger partial charge in [-0.3, -0.25) is 9.69 Å². The SMILES string of the molecule is Cc1ccc(OCCSc2ccc(Cl)cc2)c(/C=C2\SC(=S)N(c3ccccc3)C2=O)c1. The predicted molar refractivity (Wildman–Crippen MR) is 141 cm³/mol. The molecule has 4 rings (SSSR count). The highest BCUT2D eigenvalue weighted by atomic mass is 35.5. The third-order valence-electron chi connectivity index (χ3n) is 4.68. The first kappa shape index (κ1) is 22.9. The zero-order valence-corrected chi connectivity index (χ0v) is 20.5. The van der Waals surface area contributed by atoms with Gasteiger partial charge in [0.05, 0.1) is 17.2 Å². The van der Waals surface area contributed by atoms with Gasteiger partial charge < -0.3 is 4.74 Å². The number of carbonyl (C=O) groups excluding carboxylic acids is 1. The molecular weight excluding hydrogens is 478 g/mol. The van der Waals surface area contributed by atoms with E-state index in [9.17, 15) is 4.79 Å². The summed E-state index contributed by atoms with van der Waals surface area (Å²) >= 11 is 14.4. The molecule has 0 radical (unpaired) electrons. The lowest BCUT2D eigenvalue weighted by atomic mass is 10.1. The van der Waals surface area contributed by atoms with Gasteiger partial charge in [0.1, 0.15) is 5.75 Å². The summed E-state index contributed by atoms with van der Waals surface area (Å²) in [6, 6.07) is 23.2. The maximum Gasteiger partial charge on any atom is 0.270 e. The molecule has 32 heavy (non-hydrogen) atoms. The van der Waals surface area contributed by atoms with Crippen molar-refractivity contribution < 1.29 is 9.53 Å². The molecule has 0 bridgehead atoms. The van der Waals surface area contributed by atoms with E-state index in [1.54, 1.807) is 16.7 Å². The van der Waals surface area contributed by atoms with E-state index in [4.69, 9.17) is 28.6 Å². The number of thiocarbonyl (C=S) groups is 1. The molecule has 0 spiro atoms. The molecule has 0 saturated carbocycles. The number of rotatable bonds is 7. The van der Waals surface area contributed by atoms with Crippen molar-refractivity contribution in [1.82, 2.24) is 0 Å². The van der Waals surface area contributed by atoms with Crippen LogP contribution in [0.1, 0.15) is 11.1 Å². The number of nitrogens with zero attached hydrogens (tertiary/aromatic N) is 1. The lowest BCUT2D eigenvalue weighted by Crippen LogP contribution is -2.27. The Morgan fingerprint density at radius 1 is 1.09 bits per heavy atom. The fourth-order valence-electron chi connectivity index (χ4n) is 3.16. The Labute approximate surface area is 206 Å². The molecule has 1 heterocycles. The molecule has 3 nitrogen and oxygen atoms in total. The van der Waals surface area contributed by atoms with Gasteiger partial charge in [0.2, 0.25) is 0 Å². The maximum atomic E-state index is 13.1. The van der Waals surface area contributed by atoms with Crippen LogP contribution in [0.4, 0.5) is 5.69 Å². The predicted octanol–water partition coefficient (Wildman–Crippen LogP) is 7.23. The average molecular weight is 498 g/mol. The molecule has 0 atom stereocenters. The molecule has 1 aliphatic heterocycles. The summed E-state index contributed by atoms with van der Waals surface area (Å²) in [5.41, 5.74) is 2.74.